The van der Waals surface area contributed by atoms with Crippen LogP contribution in [0.15, 0.2) is 36.5 Å². The molecule has 0 amide bonds. The topological polar surface area (TPSA) is 118 Å². The number of nitrogens with zero attached hydrogens (tertiary/aromatic N) is 1. The molecule has 0 aliphatic rings. The molecule has 0 saturated carbocycles. The van der Waals surface area contributed by atoms with Gasteiger partial charge in [-0.2, -0.15) is 0 Å². The number of unbranched alkanes of at least 4 members (excludes halogenated alkanes) is 33. The zero-order chi connectivity index (χ0) is 52.6. The molecule has 0 aliphatic carbocycles. The normalized spacial score (nSPS) is 12.8. The van der Waals surface area contributed by atoms with E-state index in [-0.39, 0.29) is 0 Å². The van der Waals surface area contributed by atoms with E-state index in [4.69, 9.17) is 0 Å². The Kier molecular flexibility index (Phi) is 55.9. The molecule has 71 heavy (non-hydrogen) atoms. The van der Waals surface area contributed by atoms with Gasteiger partial charge in [0.1, 0.15) is 17.3 Å². The van der Waals surface area contributed by atoms with Crippen LogP contribution in [0.5, 0.6) is 0 Å². The first kappa shape index (κ1) is 71.1. The molecule has 418 valence electrons. The van der Waals surface area contributed by atoms with Gasteiger partial charge in [0.05, 0.1) is 53.1 Å². The van der Waals surface area contributed by atoms with E-state index in [1.165, 1.54) is 212 Å². The van der Waals surface area contributed by atoms with Crippen LogP contribution in [-0.2, 0) is 29.0 Å². The zero-order valence-corrected chi connectivity index (χ0v) is 48.4. The second-order valence-corrected chi connectivity index (χ2v) is 22.4. The molecule has 9 heteroatoms. The largest absolute Gasteiger partial charge is 0.726 e. The Hall–Kier alpha value is -1.94. The first-order chi connectivity index (χ1) is 34.4. The third-order valence-corrected chi connectivity index (χ3v) is 14.6. The number of ketones is 3. The Labute approximate surface area is 441 Å². The van der Waals surface area contributed by atoms with Crippen LogP contribution in [-0.4, -0.2) is 68.6 Å². The molecule has 0 saturated heterocycles. The fraction of sp³-hybridized carbons (Fsp3) is 0.855. The van der Waals surface area contributed by atoms with Gasteiger partial charge >= 0.3 is 0 Å². The van der Waals surface area contributed by atoms with E-state index in [0.717, 1.165) is 65.3 Å². The first-order valence-electron chi connectivity index (χ1n) is 30.3. The summed E-state index contributed by atoms with van der Waals surface area (Å²) in [7, 11) is -1.41. The molecule has 0 rings (SSSR count). The van der Waals surface area contributed by atoms with Crippen molar-refractivity contribution in [2.24, 2.45) is 0 Å². The minimum atomic E-state index is -4.41. The zero-order valence-electron chi connectivity index (χ0n) is 47.6. The molecular formula is C62H117NO7S. The lowest BCUT2D eigenvalue weighted by Gasteiger charge is -2.34. The number of Topliss-reactive ketones (excluding diaryl/α,β-unsaturated/α-hetero) is 3. The Morgan fingerprint density at radius 2 is 0.535 bits per heavy atom. The van der Waals surface area contributed by atoms with Crippen molar-refractivity contribution in [3.8, 4) is 0 Å². The highest BCUT2D eigenvalue weighted by atomic mass is 32.3. The smallest absolute Gasteiger partial charge is 0.217 e. The summed E-state index contributed by atoms with van der Waals surface area (Å²) < 4.78 is 31.7. The van der Waals surface area contributed by atoms with Gasteiger partial charge in [-0.25, -0.2) is 8.42 Å². The monoisotopic (exact) mass is 1020 g/mol. The maximum atomic E-state index is 13.1. The van der Waals surface area contributed by atoms with Gasteiger partial charge in [0.25, 0.3) is 0 Å². The van der Waals surface area contributed by atoms with Crippen LogP contribution in [0.2, 0.25) is 0 Å². The summed E-state index contributed by atoms with van der Waals surface area (Å²) in [5.41, 5.74) is 0. The lowest BCUT2D eigenvalue weighted by molar-refractivity contribution is -0.907. The first-order valence-corrected chi connectivity index (χ1v) is 31.6. The van der Waals surface area contributed by atoms with Crippen molar-refractivity contribution >= 4 is 27.7 Å². The van der Waals surface area contributed by atoms with Crippen molar-refractivity contribution < 1.29 is 36.0 Å². The van der Waals surface area contributed by atoms with Crippen molar-refractivity contribution in [1.82, 2.24) is 0 Å². The van der Waals surface area contributed by atoms with Crippen LogP contribution >= 0.6 is 0 Å². The number of allylic oxidation sites excluding steroid dienone is 6. The molecule has 0 bridgehead atoms. The molecule has 0 aliphatic heterocycles. The van der Waals surface area contributed by atoms with E-state index in [0.29, 0.717) is 60.4 Å². The summed E-state index contributed by atoms with van der Waals surface area (Å²) >= 11 is 0. The summed E-state index contributed by atoms with van der Waals surface area (Å²) in [6, 6.07) is 0. The maximum absolute atomic E-state index is 13.1. The predicted molar refractivity (Wildman–Crippen MR) is 305 cm³/mol. The number of rotatable bonds is 55. The minimum absolute atomic E-state index is 0.353. The Morgan fingerprint density at radius 3 is 0.732 bits per heavy atom. The number of carbonyl (C=O) groups is 3. The molecule has 0 unspecified atom stereocenters. The van der Waals surface area contributed by atoms with Crippen molar-refractivity contribution in [2.75, 3.05) is 33.8 Å². The van der Waals surface area contributed by atoms with E-state index in [1.54, 1.807) is 0 Å². The predicted octanol–water partition coefficient (Wildman–Crippen LogP) is 18.5. The summed E-state index contributed by atoms with van der Waals surface area (Å²) in [6.07, 6.45) is 67.3. The van der Waals surface area contributed by atoms with Crippen LogP contribution in [0.25, 0.3) is 0 Å². The fourth-order valence-corrected chi connectivity index (χ4v) is 9.07. The summed E-state index contributed by atoms with van der Waals surface area (Å²) in [5, 5.41) is 0. The van der Waals surface area contributed by atoms with Gasteiger partial charge in [-0.3, -0.25) is 18.6 Å². The molecule has 0 aromatic rings. The molecule has 0 spiro atoms. The van der Waals surface area contributed by atoms with Gasteiger partial charge in [-0.05, 0) is 96.3 Å². The molecule has 0 N–H and O–H groups in total. The maximum Gasteiger partial charge on any atom is 0.217 e. The van der Waals surface area contributed by atoms with Gasteiger partial charge in [0.2, 0.25) is 10.4 Å². The van der Waals surface area contributed by atoms with Crippen molar-refractivity contribution in [3.63, 3.8) is 0 Å². The number of hydrogen-bond acceptors (Lipinski definition) is 7. The average molecular weight is 1020 g/mol. The highest BCUT2D eigenvalue weighted by Gasteiger charge is 2.25. The van der Waals surface area contributed by atoms with E-state index in [2.05, 4.69) is 68.5 Å². The second-order valence-electron chi connectivity index (χ2n) is 21.2. The number of quaternary nitrogens is 1. The lowest BCUT2D eigenvalue weighted by atomic mass is 10.0. The van der Waals surface area contributed by atoms with E-state index < -0.39 is 10.4 Å². The van der Waals surface area contributed by atoms with Gasteiger partial charge in [0.15, 0.2) is 0 Å². The van der Waals surface area contributed by atoms with E-state index in [9.17, 15) is 27.4 Å². The van der Waals surface area contributed by atoms with E-state index in [1.807, 2.05) is 0 Å². The molecule has 0 aromatic heterocycles. The van der Waals surface area contributed by atoms with Gasteiger partial charge in [0, 0.05) is 19.3 Å². The number of hydrogen-bond donors (Lipinski definition) is 0. The standard InChI is InChI=1S/C61H114NO3.CH4O4S/c1-5-8-11-14-17-20-23-26-29-32-35-38-41-44-47-50-59(63)53-56-62(4,57-54-60(64)51-48-45-42-39-36-33-30-27-24-21-18-15-12-9-6-2)58-55-61(65)52-49-46-43-40-37-34-31-28-25-22-19-16-13-10-7-3;1-5-6(2,3)4/h26-31H,5-25,32-58H2,1-4H3;1H3,(H,2,3,4)/q+1;/p-1. The molecule has 0 fully saturated rings. The molecule has 8 nitrogen and oxygen atoms in total. The molecule has 0 aromatic carbocycles. The minimum Gasteiger partial charge on any atom is -0.726 e. The van der Waals surface area contributed by atoms with Gasteiger partial charge in [-0.1, -0.05) is 211 Å². The fourth-order valence-electron chi connectivity index (χ4n) is 9.07. The molecule has 0 radical (unpaired) electrons. The highest BCUT2D eigenvalue weighted by molar-refractivity contribution is 7.80. The number of carbonyl (C=O) groups excluding carboxylic acids is 3. The highest BCUT2D eigenvalue weighted by Crippen LogP contribution is 2.17. The molecular weight excluding hydrogens is 903 g/mol. The van der Waals surface area contributed by atoms with Crippen molar-refractivity contribution in [3.05, 3.63) is 36.5 Å². The summed E-state index contributed by atoms with van der Waals surface area (Å²) in [6.45, 7) is 9.06. The quantitative estimate of drug-likeness (QED) is 0.0196. The van der Waals surface area contributed by atoms with Crippen LogP contribution < -0.4 is 0 Å². The van der Waals surface area contributed by atoms with Crippen LogP contribution in [0.3, 0.4) is 0 Å². The second kappa shape index (κ2) is 55.8. The van der Waals surface area contributed by atoms with Crippen molar-refractivity contribution in [1.29, 1.82) is 0 Å². The van der Waals surface area contributed by atoms with Crippen molar-refractivity contribution in [2.45, 2.75) is 310 Å². The Bertz CT molecular complexity index is 1240. The van der Waals surface area contributed by atoms with Crippen LogP contribution in [0, 0.1) is 0 Å². The van der Waals surface area contributed by atoms with E-state index >= 15 is 0 Å². The molecule has 0 heterocycles. The summed E-state index contributed by atoms with van der Waals surface area (Å²) in [5.74, 6) is 1.06. The average Bonchev–Trinajstić information content (AvgIpc) is 3.35. The third-order valence-electron chi connectivity index (χ3n) is 14.1. The third kappa shape index (κ3) is 60.5. The molecule has 0 atom stereocenters. The van der Waals surface area contributed by atoms with Crippen LogP contribution in [0.1, 0.15) is 310 Å². The van der Waals surface area contributed by atoms with Gasteiger partial charge in [-0.15, -0.1) is 0 Å². The lowest BCUT2D eigenvalue weighted by Crippen LogP contribution is -2.48. The van der Waals surface area contributed by atoms with Gasteiger partial charge < -0.3 is 9.04 Å². The summed E-state index contributed by atoms with van der Waals surface area (Å²) in [4.78, 5) is 39.2. The van der Waals surface area contributed by atoms with Crippen LogP contribution in [0.4, 0.5) is 0 Å². The Balaban J connectivity index is 0. The SMILES string of the molecule is CCCCCCCCC=CCCCCCCCC(=O)CC[N+](C)(CCC(=O)CCCCCCCC=CCCCCCCCC)CCC(=O)CCCCCCCC=CCCCCCCCC.COS(=O)(=O)[O-]. The Morgan fingerprint density at radius 1 is 0.352 bits per heavy atom.